The number of hydrogen-bond donors (Lipinski definition) is 1. The molecule has 1 fully saturated rings. The molecule has 130 valence electrons. The maximum absolute atomic E-state index is 13.6. The molecular formula is C17H27FN2O2S. The molecule has 0 bridgehead atoms. The van der Waals surface area contributed by atoms with Crippen molar-refractivity contribution in [2.45, 2.75) is 52.0 Å². The molecule has 0 radical (unpaired) electrons. The summed E-state index contributed by atoms with van der Waals surface area (Å²) in [5, 5.41) is 3.07. The van der Waals surface area contributed by atoms with Crippen LogP contribution in [0.2, 0.25) is 0 Å². The van der Waals surface area contributed by atoms with Crippen molar-refractivity contribution in [3.05, 3.63) is 35.1 Å². The van der Waals surface area contributed by atoms with Gasteiger partial charge in [-0.1, -0.05) is 19.1 Å². The highest BCUT2D eigenvalue weighted by molar-refractivity contribution is 7.89. The lowest BCUT2D eigenvalue weighted by Gasteiger charge is -2.37. The first-order valence-electron chi connectivity index (χ1n) is 8.19. The minimum atomic E-state index is -3.18. The molecule has 1 aromatic rings. The number of piperidine rings is 1. The predicted octanol–water partition coefficient (Wildman–Crippen LogP) is 2.67. The molecule has 1 heterocycles. The minimum absolute atomic E-state index is 0.185. The number of sulfonamides is 1. The lowest BCUT2D eigenvalue weighted by atomic mass is 9.95. The Balaban J connectivity index is 1.93. The Hall–Kier alpha value is -0.980. The summed E-state index contributed by atoms with van der Waals surface area (Å²) < 4.78 is 39.7. The third-order valence-electron chi connectivity index (χ3n) is 4.63. The zero-order valence-electron chi connectivity index (χ0n) is 14.3. The van der Waals surface area contributed by atoms with E-state index in [0.717, 1.165) is 12.0 Å². The van der Waals surface area contributed by atoms with Crippen LogP contribution in [-0.4, -0.2) is 37.1 Å². The van der Waals surface area contributed by atoms with Gasteiger partial charge in [-0.2, -0.15) is 0 Å². The summed E-state index contributed by atoms with van der Waals surface area (Å²) in [5.74, 6) is 0.0442. The van der Waals surface area contributed by atoms with Crippen molar-refractivity contribution in [3.8, 4) is 0 Å². The van der Waals surface area contributed by atoms with Gasteiger partial charge >= 0.3 is 0 Å². The van der Waals surface area contributed by atoms with Gasteiger partial charge in [0.1, 0.15) is 5.82 Å². The fourth-order valence-corrected chi connectivity index (χ4v) is 4.33. The third-order valence-corrected chi connectivity index (χ3v) is 6.87. The Morgan fingerprint density at radius 3 is 2.65 bits per heavy atom. The van der Waals surface area contributed by atoms with Gasteiger partial charge in [0.2, 0.25) is 10.0 Å². The normalized spacial score (nSPS) is 23.4. The molecule has 0 spiro atoms. The SMILES string of the molecule is Cc1ccc(CN[C@H]2CCN(S(=O)(=O)C(C)C)C[C@H]2C)cc1F. The van der Waals surface area contributed by atoms with Crippen LogP contribution in [0.1, 0.15) is 38.3 Å². The van der Waals surface area contributed by atoms with Crippen LogP contribution in [0.3, 0.4) is 0 Å². The zero-order chi connectivity index (χ0) is 17.2. The molecule has 4 nitrogen and oxygen atoms in total. The number of nitrogens with one attached hydrogen (secondary N) is 1. The molecule has 23 heavy (non-hydrogen) atoms. The second-order valence-electron chi connectivity index (χ2n) is 6.79. The van der Waals surface area contributed by atoms with Gasteiger partial charge in [-0.25, -0.2) is 17.1 Å². The molecule has 1 aromatic carbocycles. The quantitative estimate of drug-likeness (QED) is 0.895. The van der Waals surface area contributed by atoms with Crippen molar-refractivity contribution in [2.24, 2.45) is 5.92 Å². The molecule has 2 atom stereocenters. The molecule has 1 N–H and O–H groups in total. The number of halogens is 1. The van der Waals surface area contributed by atoms with Crippen LogP contribution in [0.15, 0.2) is 18.2 Å². The van der Waals surface area contributed by atoms with Crippen LogP contribution < -0.4 is 5.32 Å². The van der Waals surface area contributed by atoms with E-state index in [0.29, 0.717) is 25.2 Å². The summed E-state index contributed by atoms with van der Waals surface area (Å²) in [4.78, 5) is 0. The first kappa shape index (κ1) is 18.4. The van der Waals surface area contributed by atoms with Crippen molar-refractivity contribution in [1.82, 2.24) is 9.62 Å². The second kappa shape index (κ2) is 7.28. The Bertz CT molecular complexity index is 646. The summed E-state index contributed by atoms with van der Waals surface area (Å²) in [7, 11) is -3.18. The summed E-state index contributed by atoms with van der Waals surface area (Å²) >= 11 is 0. The predicted molar refractivity (Wildman–Crippen MR) is 91.2 cm³/mol. The van der Waals surface area contributed by atoms with E-state index in [-0.39, 0.29) is 23.0 Å². The van der Waals surface area contributed by atoms with Gasteiger partial charge in [-0.05, 0) is 50.3 Å². The Morgan fingerprint density at radius 1 is 1.39 bits per heavy atom. The second-order valence-corrected chi connectivity index (χ2v) is 9.28. The molecule has 1 saturated heterocycles. The fourth-order valence-electron chi connectivity index (χ4n) is 2.94. The third kappa shape index (κ3) is 4.31. The number of hydrogen-bond acceptors (Lipinski definition) is 3. The number of benzene rings is 1. The molecule has 1 aliphatic rings. The lowest BCUT2D eigenvalue weighted by molar-refractivity contribution is 0.218. The number of nitrogens with zero attached hydrogens (tertiary/aromatic N) is 1. The van der Waals surface area contributed by atoms with Gasteiger partial charge in [0.05, 0.1) is 5.25 Å². The van der Waals surface area contributed by atoms with Crippen molar-refractivity contribution >= 4 is 10.0 Å². The Labute approximate surface area is 139 Å². The van der Waals surface area contributed by atoms with Gasteiger partial charge < -0.3 is 5.32 Å². The van der Waals surface area contributed by atoms with Crippen molar-refractivity contribution in [1.29, 1.82) is 0 Å². The van der Waals surface area contributed by atoms with Crippen LogP contribution in [0.4, 0.5) is 4.39 Å². The van der Waals surface area contributed by atoms with Crippen LogP contribution in [-0.2, 0) is 16.6 Å². The summed E-state index contributed by atoms with van der Waals surface area (Å²) in [6.45, 7) is 8.94. The number of aryl methyl sites for hydroxylation is 1. The van der Waals surface area contributed by atoms with E-state index in [2.05, 4.69) is 12.2 Å². The Morgan fingerprint density at radius 2 is 2.09 bits per heavy atom. The average Bonchev–Trinajstić information content (AvgIpc) is 2.49. The highest BCUT2D eigenvalue weighted by Crippen LogP contribution is 2.22. The lowest BCUT2D eigenvalue weighted by Crippen LogP contribution is -2.51. The Kier molecular flexibility index (Phi) is 5.81. The van der Waals surface area contributed by atoms with Gasteiger partial charge in [0.15, 0.2) is 0 Å². The van der Waals surface area contributed by atoms with Crippen LogP contribution >= 0.6 is 0 Å². The summed E-state index contributed by atoms with van der Waals surface area (Å²) in [5.41, 5.74) is 1.56. The van der Waals surface area contributed by atoms with Gasteiger partial charge in [-0.3, -0.25) is 0 Å². The van der Waals surface area contributed by atoms with Crippen molar-refractivity contribution < 1.29 is 12.8 Å². The van der Waals surface area contributed by atoms with Crippen molar-refractivity contribution in [3.63, 3.8) is 0 Å². The van der Waals surface area contributed by atoms with Gasteiger partial charge in [-0.15, -0.1) is 0 Å². The monoisotopic (exact) mass is 342 g/mol. The summed E-state index contributed by atoms with van der Waals surface area (Å²) in [6.07, 6.45) is 0.779. The molecular weight excluding hydrogens is 315 g/mol. The van der Waals surface area contributed by atoms with Gasteiger partial charge in [0.25, 0.3) is 0 Å². The molecule has 0 aliphatic carbocycles. The maximum atomic E-state index is 13.6. The smallest absolute Gasteiger partial charge is 0.216 e. The topological polar surface area (TPSA) is 49.4 Å². The summed E-state index contributed by atoms with van der Waals surface area (Å²) in [6, 6.07) is 5.52. The first-order valence-corrected chi connectivity index (χ1v) is 9.69. The van der Waals surface area contributed by atoms with E-state index in [4.69, 9.17) is 0 Å². The number of rotatable bonds is 5. The molecule has 0 saturated carbocycles. The molecule has 2 rings (SSSR count). The zero-order valence-corrected chi connectivity index (χ0v) is 15.2. The van der Waals surface area contributed by atoms with E-state index in [1.54, 1.807) is 37.2 Å². The molecule has 0 unspecified atom stereocenters. The van der Waals surface area contributed by atoms with Gasteiger partial charge in [0, 0.05) is 25.7 Å². The minimum Gasteiger partial charge on any atom is -0.310 e. The van der Waals surface area contributed by atoms with E-state index in [1.807, 2.05) is 6.07 Å². The molecule has 0 amide bonds. The van der Waals surface area contributed by atoms with Crippen LogP contribution in [0.25, 0.3) is 0 Å². The molecule has 0 aromatic heterocycles. The highest BCUT2D eigenvalue weighted by Gasteiger charge is 2.33. The van der Waals surface area contributed by atoms with E-state index in [1.165, 1.54) is 0 Å². The fraction of sp³-hybridized carbons (Fsp3) is 0.647. The molecule has 1 aliphatic heterocycles. The maximum Gasteiger partial charge on any atom is 0.216 e. The first-order chi connectivity index (χ1) is 10.7. The largest absolute Gasteiger partial charge is 0.310 e. The van der Waals surface area contributed by atoms with Crippen LogP contribution in [0, 0.1) is 18.7 Å². The van der Waals surface area contributed by atoms with E-state index in [9.17, 15) is 12.8 Å². The van der Waals surface area contributed by atoms with E-state index >= 15 is 0 Å². The highest BCUT2D eigenvalue weighted by atomic mass is 32.2. The van der Waals surface area contributed by atoms with E-state index < -0.39 is 10.0 Å². The van der Waals surface area contributed by atoms with Crippen LogP contribution in [0.5, 0.6) is 0 Å². The van der Waals surface area contributed by atoms with Crippen molar-refractivity contribution in [2.75, 3.05) is 13.1 Å². The average molecular weight is 342 g/mol. The standard InChI is InChI=1S/C17H27FN2O2S/c1-12(2)23(21,22)20-8-7-17(14(4)11-20)19-10-15-6-5-13(3)16(18)9-15/h5-6,9,12,14,17,19H,7-8,10-11H2,1-4H3/t14-,17+/m1/s1. The molecule has 6 heteroatoms.